The molecule has 2 aromatic carbocycles. The van der Waals surface area contributed by atoms with Crippen LogP contribution in [0.2, 0.25) is 0 Å². The van der Waals surface area contributed by atoms with E-state index < -0.39 is 0 Å². The standard InChI is InChI=1S/C16H18N2O2/c1-13-6-5-9-15(12-13)20-11-10-17-16(19)18-14-7-3-2-4-8-14/h2-9,12H,10-11H2,1H3,(H2,17,18,19). The minimum atomic E-state index is -0.232. The number of benzene rings is 2. The van der Waals surface area contributed by atoms with Gasteiger partial charge in [-0.2, -0.15) is 0 Å². The van der Waals surface area contributed by atoms with E-state index in [0.717, 1.165) is 17.0 Å². The Morgan fingerprint density at radius 1 is 1.10 bits per heavy atom. The molecule has 0 aromatic heterocycles. The third-order valence-electron chi connectivity index (χ3n) is 2.68. The van der Waals surface area contributed by atoms with E-state index in [9.17, 15) is 4.79 Å². The summed E-state index contributed by atoms with van der Waals surface area (Å²) in [5.74, 6) is 0.815. The van der Waals surface area contributed by atoms with Crippen molar-refractivity contribution in [2.45, 2.75) is 6.92 Å². The van der Waals surface area contributed by atoms with Crippen LogP contribution in [0.4, 0.5) is 10.5 Å². The van der Waals surface area contributed by atoms with E-state index in [-0.39, 0.29) is 6.03 Å². The van der Waals surface area contributed by atoms with Crippen LogP contribution in [-0.4, -0.2) is 19.2 Å². The highest BCUT2D eigenvalue weighted by Crippen LogP contribution is 2.11. The van der Waals surface area contributed by atoms with Crippen LogP contribution in [0.15, 0.2) is 54.6 Å². The van der Waals surface area contributed by atoms with Gasteiger partial charge in [-0.25, -0.2) is 4.79 Å². The molecule has 2 N–H and O–H groups in total. The third kappa shape index (κ3) is 4.65. The minimum absolute atomic E-state index is 0.232. The Morgan fingerprint density at radius 3 is 2.65 bits per heavy atom. The van der Waals surface area contributed by atoms with Crippen LogP contribution in [0.5, 0.6) is 5.75 Å². The van der Waals surface area contributed by atoms with Crippen molar-refractivity contribution in [3.8, 4) is 5.75 Å². The van der Waals surface area contributed by atoms with Crippen molar-refractivity contribution in [3.63, 3.8) is 0 Å². The van der Waals surface area contributed by atoms with E-state index in [1.165, 1.54) is 0 Å². The normalized spacial score (nSPS) is 9.85. The van der Waals surface area contributed by atoms with Crippen LogP contribution in [0.25, 0.3) is 0 Å². The molecule has 0 fully saturated rings. The zero-order valence-electron chi connectivity index (χ0n) is 11.4. The van der Waals surface area contributed by atoms with Crippen molar-refractivity contribution in [2.24, 2.45) is 0 Å². The Bertz CT molecular complexity index is 555. The van der Waals surface area contributed by atoms with Gasteiger partial charge in [0.25, 0.3) is 0 Å². The fourth-order valence-electron chi connectivity index (χ4n) is 1.74. The molecule has 0 saturated heterocycles. The number of ether oxygens (including phenoxy) is 1. The summed E-state index contributed by atoms with van der Waals surface area (Å²) in [5.41, 5.74) is 1.92. The van der Waals surface area contributed by atoms with Crippen molar-refractivity contribution in [1.82, 2.24) is 5.32 Å². The van der Waals surface area contributed by atoms with Gasteiger partial charge in [0.1, 0.15) is 12.4 Å². The summed E-state index contributed by atoms with van der Waals surface area (Å²) in [5, 5.41) is 5.49. The van der Waals surface area contributed by atoms with Crippen molar-refractivity contribution in [3.05, 3.63) is 60.2 Å². The van der Waals surface area contributed by atoms with Gasteiger partial charge in [0.15, 0.2) is 0 Å². The number of hydrogen-bond donors (Lipinski definition) is 2. The summed E-state index contributed by atoms with van der Waals surface area (Å²) >= 11 is 0. The predicted molar refractivity (Wildman–Crippen MR) is 80.1 cm³/mol. The van der Waals surface area contributed by atoms with Crippen LogP contribution in [-0.2, 0) is 0 Å². The summed E-state index contributed by atoms with van der Waals surface area (Å²) in [4.78, 5) is 11.6. The van der Waals surface area contributed by atoms with Crippen LogP contribution in [0.1, 0.15) is 5.56 Å². The molecule has 0 aliphatic rings. The monoisotopic (exact) mass is 270 g/mol. The molecular formula is C16H18N2O2. The molecule has 0 spiro atoms. The molecule has 104 valence electrons. The number of hydrogen-bond acceptors (Lipinski definition) is 2. The summed E-state index contributed by atoms with van der Waals surface area (Å²) in [6.07, 6.45) is 0. The molecule has 0 atom stereocenters. The largest absolute Gasteiger partial charge is 0.492 e. The average Bonchev–Trinajstić information content (AvgIpc) is 2.45. The van der Waals surface area contributed by atoms with Gasteiger partial charge < -0.3 is 15.4 Å². The first kappa shape index (κ1) is 13.9. The fourth-order valence-corrected chi connectivity index (χ4v) is 1.74. The Kier molecular flexibility index (Phi) is 5.00. The van der Waals surface area contributed by atoms with Gasteiger partial charge in [-0.05, 0) is 36.8 Å². The number of carbonyl (C=O) groups is 1. The maximum Gasteiger partial charge on any atom is 0.319 e. The topological polar surface area (TPSA) is 50.4 Å². The quantitative estimate of drug-likeness (QED) is 0.820. The first-order valence-corrected chi connectivity index (χ1v) is 6.53. The first-order valence-electron chi connectivity index (χ1n) is 6.53. The molecule has 0 aliphatic heterocycles. The maximum atomic E-state index is 11.6. The van der Waals surface area contributed by atoms with Crippen LogP contribution >= 0.6 is 0 Å². The zero-order chi connectivity index (χ0) is 14.2. The van der Waals surface area contributed by atoms with E-state index in [1.807, 2.05) is 61.5 Å². The number of anilines is 1. The van der Waals surface area contributed by atoms with Gasteiger partial charge in [0.05, 0.1) is 6.54 Å². The molecular weight excluding hydrogens is 252 g/mol. The Morgan fingerprint density at radius 2 is 1.90 bits per heavy atom. The second-order valence-corrected chi connectivity index (χ2v) is 4.41. The molecule has 0 bridgehead atoms. The zero-order valence-corrected chi connectivity index (χ0v) is 11.4. The summed E-state index contributed by atoms with van der Waals surface area (Å²) in [7, 11) is 0. The molecule has 2 rings (SSSR count). The lowest BCUT2D eigenvalue weighted by Crippen LogP contribution is -2.32. The first-order chi connectivity index (χ1) is 9.74. The van der Waals surface area contributed by atoms with Crippen LogP contribution in [0, 0.1) is 6.92 Å². The predicted octanol–water partition coefficient (Wildman–Crippen LogP) is 3.20. The molecule has 0 heterocycles. The van der Waals surface area contributed by atoms with Crippen LogP contribution < -0.4 is 15.4 Å². The number of amides is 2. The summed E-state index contributed by atoms with van der Waals surface area (Å²) in [6.45, 7) is 2.90. The Labute approximate surface area is 118 Å². The highest BCUT2D eigenvalue weighted by molar-refractivity contribution is 5.89. The number of aryl methyl sites for hydroxylation is 1. The molecule has 4 nitrogen and oxygen atoms in total. The maximum absolute atomic E-state index is 11.6. The number of para-hydroxylation sites is 1. The van der Waals surface area contributed by atoms with Crippen molar-refractivity contribution in [1.29, 1.82) is 0 Å². The Balaban J connectivity index is 1.67. The lowest BCUT2D eigenvalue weighted by atomic mass is 10.2. The molecule has 0 radical (unpaired) electrons. The second kappa shape index (κ2) is 7.19. The lowest BCUT2D eigenvalue weighted by molar-refractivity contribution is 0.247. The van der Waals surface area contributed by atoms with Gasteiger partial charge in [0, 0.05) is 5.69 Å². The van der Waals surface area contributed by atoms with E-state index in [2.05, 4.69) is 10.6 Å². The number of nitrogens with one attached hydrogen (secondary N) is 2. The number of urea groups is 1. The molecule has 20 heavy (non-hydrogen) atoms. The van der Waals surface area contributed by atoms with E-state index in [4.69, 9.17) is 4.74 Å². The minimum Gasteiger partial charge on any atom is -0.492 e. The van der Waals surface area contributed by atoms with Gasteiger partial charge >= 0.3 is 6.03 Å². The SMILES string of the molecule is Cc1cccc(OCCNC(=O)Nc2ccccc2)c1. The number of carbonyl (C=O) groups excluding carboxylic acids is 1. The van der Waals surface area contributed by atoms with Crippen molar-refractivity contribution >= 4 is 11.7 Å². The van der Waals surface area contributed by atoms with E-state index >= 15 is 0 Å². The van der Waals surface area contributed by atoms with Gasteiger partial charge in [0.2, 0.25) is 0 Å². The smallest absolute Gasteiger partial charge is 0.319 e. The van der Waals surface area contributed by atoms with Gasteiger partial charge in [-0.1, -0.05) is 30.3 Å². The molecule has 4 heteroatoms. The van der Waals surface area contributed by atoms with E-state index in [1.54, 1.807) is 0 Å². The molecule has 0 saturated carbocycles. The van der Waals surface area contributed by atoms with E-state index in [0.29, 0.717) is 13.2 Å². The van der Waals surface area contributed by atoms with Crippen LogP contribution in [0.3, 0.4) is 0 Å². The molecule has 2 aromatic rings. The lowest BCUT2D eigenvalue weighted by Gasteiger charge is -2.09. The summed E-state index contributed by atoms with van der Waals surface area (Å²) in [6, 6.07) is 16.9. The highest BCUT2D eigenvalue weighted by Gasteiger charge is 2.00. The van der Waals surface area contributed by atoms with Gasteiger partial charge in [-0.15, -0.1) is 0 Å². The highest BCUT2D eigenvalue weighted by atomic mass is 16.5. The third-order valence-corrected chi connectivity index (χ3v) is 2.68. The molecule has 0 unspecified atom stereocenters. The molecule has 2 amide bonds. The Hall–Kier alpha value is -2.49. The number of rotatable bonds is 5. The average molecular weight is 270 g/mol. The summed E-state index contributed by atoms with van der Waals surface area (Å²) < 4.78 is 5.54. The van der Waals surface area contributed by atoms with Crippen molar-refractivity contribution in [2.75, 3.05) is 18.5 Å². The van der Waals surface area contributed by atoms with Gasteiger partial charge in [-0.3, -0.25) is 0 Å². The fraction of sp³-hybridized carbons (Fsp3) is 0.188. The molecule has 0 aliphatic carbocycles. The second-order valence-electron chi connectivity index (χ2n) is 4.41. The van der Waals surface area contributed by atoms with Crippen molar-refractivity contribution < 1.29 is 9.53 Å².